The molecule has 0 amide bonds. The number of hydrogen-bond acceptors (Lipinski definition) is 1. The molecule has 0 N–H and O–H groups in total. The fourth-order valence-corrected chi connectivity index (χ4v) is 0.474. The molecule has 0 saturated carbocycles. The molecule has 0 aliphatic carbocycles. The average Bonchev–Trinajstić information content (AvgIpc) is 1.69. The van der Waals surface area contributed by atoms with Crippen LogP contribution in [-0.2, 0) is 20.4 Å². The van der Waals surface area contributed by atoms with Gasteiger partial charge in [0, 0.05) is 27.0 Å². The van der Waals surface area contributed by atoms with Gasteiger partial charge < -0.3 is 4.99 Å². The van der Waals surface area contributed by atoms with Crippen molar-refractivity contribution in [1.82, 2.24) is 0 Å². The first kappa shape index (κ1) is 11.2. The van der Waals surface area contributed by atoms with Crippen molar-refractivity contribution in [3.63, 3.8) is 0 Å². The van der Waals surface area contributed by atoms with E-state index in [4.69, 9.17) is 0 Å². The predicted octanol–water partition coefficient (Wildman–Crippen LogP) is 1.87. The topological polar surface area (TPSA) is 12.4 Å². The molecule has 0 bridgehead atoms. The fourth-order valence-electron chi connectivity index (χ4n) is 0.474. The quantitative estimate of drug-likeness (QED) is 0.378. The molecule has 0 aromatic rings. The van der Waals surface area contributed by atoms with Crippen LogP contribution in [-0.4, -0.2) is 13.3 Å². The van der Waals surface area contributed by atoms with E-state index in [1.165, 1.54) is 19.3 Å². The second-order valence-corrected chi connectivity index (χ2v) is 1.65. The summed E-state index contributed by atoms with van der Waals surface area (Å²) in [5.41, 5.74) is 0. The van der Waals surface area contributed by atoms with Gasteiger partial charge in [-0.05, 0) is 13.1 Å². The summed E-state index contributed by atoms with van der Waals surface area (Å²) in [6.07, 6.45) is 3.77. The van der Waals surface area contributed by atoms with Crippen LogP contribution in [0.5, 0.6) is 0 Å². The Labute approximate surface area is 65.2 Å². The third-order valence-electron chi connectivity index (χ3n) is 0.920. The van der Waals surface area contributed by atoms with Crippen molar-refractivity contribution in [2.24, 2.45) is 4.99 Å². The van der Waals surface area contributed by atoms with Gasteiger partial charge in [-0.2, -0.15) is 0 Å². The molecule has 8 heavy (non-hydrogen) atoms. The summed E-state index contributed by atoms with van der Waals surface area (Å²) in [5, 5.41) is 0. The van der Waals surface area contributed by atoms with Gasteiger partial charge in [0.1, 0.15) is 0 Å². The Balaban J connectivity index is 0. The third-order valence-corrected chi connectivity index (χ3v) is 0.920. The normalized spacial score (nSPS) is 7.62. The van der Waals surface area contributed by atoms with E-state index in [0.717, 1.165) is 6.54 Å². The molecule has 0 atom stereocenters. The van der Waals surface area contributed by atoms with Crippen LogP contribution in [0.25, 0.3) is 0 Å². The van der Waals surface area contributed by atoms with Gasteiger partial charge in [-0.15, -0.1) is 0 Å². The monoisotopic (exact) mass is 205 g/mol. The van der Waals surface area contributed by atoms with Crippen LogP contribution in [0.15, 0.2) is 4.99 Å². The predicted molar refractivity (Wildman–Crippen MR) is 33.9 cm³/mol. The SMILES string of the molecule is C=NCCCCC.[Pd]. The van der Waals surface area contributed by atoms with Gasteiger partial charge in [0.15, 0.2) is 0 Å². The zero-order chi connectivity index (χ0) is 5.54. The Morgan fingerprint density at radius 1 is 1.38 bits per heavy atom. The zero-order valence-corrected chi connectivity index (χ0v) is 6.85. The molecule has 0 saturated heterocycles. The molecule has 0 aromatic heterocycles. The van der Waals surface area contributed by atoms with Crippen LogP contribution in [0.2, 0.25) is 0 Å². The van der Waals surface area contributed by atoms with E-state index in [9.17, 15) is 0 Å². The number of nitrogens with zero attached hydrogens (tertiary/aromatic N) is 1. The van der Waals surface area contributed by atoms with Crippen molar-refractivity contribution in [3.05, 3.63) is 0 Å². The minimum Gasteiger partial charge on any atom is -0.301 e. The Kier molecular flexibility index (Phi) is 14.4. The molecule has 0 aliphatic heterocycles. The number of aliphatic imine (C=N–C) groups is 1. The van der Waals surface area contributed by atoms with E-state index in [1.54, 1.807) is 0 Å². The third kappa shape index (κ3) is 9.59. The molecule has 52 valence electrons. The first-order valence-corrected chi connectivity index (χ1v) is 2.84. The molecule has 1 nitrogen and oxygen atoms in total. The van der Waals surface area contributed by atoms with E-state index < -0.39 is 0 Å². The van der Waals surface area contributed by atoms with Gasteiger partial charge in [0.05, 0.1) is 0 Å². The fraction of sp³-hybridized carbons (Fsp3) is 0.833. The Morgan fingerprint density at radius 3 is 2.38 bits per heavy atom. The van der Waals surface area contributed by atoms with Crippen molar-refractivity contribution in [3.8, 4) is 0 Å². The van der Waals surface area contributed by atoms with Crippen LogP contribution >= 0.6 is 0 Å². The number of unbranched alkanes of at least 4 members (excludes halogenated alkanes) is 2. The smallest absolute Gasteiger partial charge is 0.0382 e. The van der Waals surface area contributed by atoms with E-state index in [2.05, 4.69) is 18.6 Å². The number of hydrogen-bond donors (Lipinski definition) is 0. The molecular weight excluding hydrogens is 192 g/mol. The van der Waals surface area contributed by atoms with Crippen LogP contribution < -0.4 is 0 Å². The first-order chi connectivity index (χ1) is 3.41. The maximum Gasteiger partial charge on any atom is 0.0382 e. The van der Waals surface area contributed by atoms with Gasteiger partial charge >= 0.3 is 0 Å². The van der Waals surface area contributed by atoms with Gasteiger partial charge in [-0.1, -0.05) is 19.8 Å². The largest absolute Gasteiger partial charge is 0.301 e. The van der Waals surface area contributed by atoms with Gasteiger partial charge in [0.25, 0.3) is 0 Å². The first-order valence-electron chi connectivity index (χ1n) is 2.84. The summed E-state index contributed by atoms with van der Waals surface area (Å²) in [4.78, 5) is 3.72. The van der Waals surface area contributed by atoms with Crippen molar-refractivity contribution in [1.29, 1.82) is 0 Å². The van der Waals surface area contributed by atoms with Gasteiger partial charge in [-0.25, -0.2) is 0 Å². The molecule has 0 spiro atoms. The average molecular weight is 206 g/mol. The van der Waals surface area contributed by atoms with E-state index in [0.29, 0.717) is 0 Å². The van der Waals surface area contributed by atoms with Crippen LogP contribution in [0.1, 0.15) is 26.2 Å². The second kappa shape index (κ2) is 10.3. The molecule has 0 fully saturated rings. The molecular formula is C6H13NPd. The van der Waals surface area contributed by atoms with Crippen molar-refractivity contribution in [2.75, 3.05) is 6.54 Å². The molecule has 0 heterocycles. The summed E-state index contributed by atoms with van der Waals surface area (Å²) < 4.78 is 0. The summed E-state index contributed by atoms with van der Waals surface area (Å²) in [6, 6.07) is 0. The Hall–Kier alpha value is 0.332. The van der Waals surface area contributed by atoms with Gasteiger partial charge in [0.2, 0.25) is 0 Å². The maximum absolute atomic E-state index is 3.72. The van der Waals surface area contributed by atoms with E-state index >= 15 is 0 Å². The van der Waals surface area contributed by atoms with Crippen LogP contribution in [0, 0.1) is 0 Å². The minimum atomic E-state index is 0. The summed E-state index contributed by atoms with van der Waals surface area (Å²) >= 11 is 0. The molecule has 0 rings (SSSR count). The van der Waals surface area contributed by atoms with Crippen molar-refractivity contribution in [2.45, 2.75) is 26.2 Å². The zero-order valence-electron chi connectivity index (χ0n) is 5.30. The summed E-state index contributed by atoms with van der Waals surface area (Å²) in [7, 11) is 0. The molecule has 2 heteroatoms. The maximum atomic E-state index is 3.72. The molecule has 0 aromatic carbocycles. The minimum absolute atomic E-state index is 0. The second-order valence-electron chi connectivity index (χ2n) is 1.65. The number of rotatable bonds is 4. The van der Waals surface area contributed by atoms with Crippen molar-refractivity contribution < 1.29 is 20.4 Å². The van der Waals surface area contributed by atoms with Crippen LogP contribution in [0.3, 0.4) is 0 Å². The molecule has 0 aliphatic rings. The Bertz CT molecular complexity index is 45.8. The summed E-state index contributed by atoms with van der Waals surface area (Å²) in [5.74, 6) is 0. The standard InChI is InChI=1S/C6H13N.Pd/c1-3-4-5-6-7-2;/h2-6H2,1H3;. The van der Waals surface area contributed by atoms with Gasteiger partial charge in [-0.3, -0.25) is 0 Å². The van der Waals surface area contributed by atoms with Crippen LogP contribution in [0.4, 0.5) is 0 Å². The van der Waals surface area contributed by atoms with E-state index in [-0.39, 0.29) is 20.4 Å². The van der Waals surface area contributed by atoms with E-state index in [1.807, 2.05) is 0 Å². The Morgan fingerprint density at radius 2 is 2.00 bits per heavy atom. The molecule has 0 radical (unpaired) electrons. The molecule has 0 unspecified atom stereocenters. The summed E-state index contributed by atoms with van der Waals surface area (Å²) in [6.45, 7) is 6.50. The van der Waals surface area contributed by atoms with Crippen molar-refractivity contribution >= 4 is 6.72 Å².